The number of benzene rings is 2. The number of nitrogens with zero attached hydrogens (tertiary/aromatic N) is 3. The van der Waals surface area contributed by atoms with Gasteiger partial charge in [-0.05, 0) is 23.3 Å². The molecule has 1 N–H and O–H groups in total. The predicted molar refractivity (Wildman–Crippen MR) is 102 cm³/mol. The minimum Gasteiger partial charge on any atom is -0.356 e. The van der Waals surface area contributed by atoms with Crippen molar-refractivity contribution in [3.63, 3.8) is 0 Å². The van der Waals surface area contributed by atoms with Gasteiger partial charge in [0.15, 0.2) is 0 Å². The molecule has 1 aromatic heterocycles. The van der Waals surface area contributed by atoms with E-state index in [2.05, 4.69) is 15.5 Å². The first-order valence-corrected chi connectivity index (χ1v) is 8.91. The lowest BCUT2D eigenvalue weighted by atomic mass is 9.88. The smallest absolute Gasteiger partial charge is 0.220 e. The van der Waals surface area contributed by atoms with E-state index in [1.807, 2.05) is 66.2 Å². The molecule has 0 bridgehead atoms. The van der Waals surface area contributed by atoms with Gasteiger partial charge < -0.3 is 9.88 Å². The van der Waals surface area contributed by atoms with Gasteiger partial charge in [-0.1, -0.05) is 54.1 Å². The summed E-state index contributed by atoms with van der Waals surface area (Å²) >= 11 is 6.01. The maximum absolute atomic E-state index is 12.5. The molecule has 2 aromatic carbocycles. The molecule has 0 spiro atoms. The first-order chi connectivity index (χ1) is 12.6. The van der Waals surface area contributed by atoms with Crippen LogP contribution in [0.1, 0.15) is 29.3 Å². The minimum absolute atomic E-state index is 0.0102. The third-order valence-electron chi connectivity index (χ3n) is 4.34. The van der Waals surface area contributed by atoms with E-state index in [4.69, 9.17) is 11.6 Å². The second-order valence-electron chi connectivity index (χ2n) is 6.18. The number of halogens is 1. The third-order valence-corrected chi connectivity index (χ3v) is 4.59. The Kier molecular flexibility index (Phi) is 6.02. The Morgan fingerprint density at radius 3 is 2.46 bits per heavy atom. The van der Waals surface area contributed by atoms with Crippen molar-refractivity contribution < 1.29 is 4.79 Å². The highest BCUT2D eigenvalue weighted by Gasteiger charge is 2.18. The van der Waals surface area contributed by atoms with Gasteiger partial charge in [-0.3, -0.25) is 4.79 Å². The van der Waals surface area contributed by atoms with Gasteiger partial charge in [0, 0.05) is 37.4 Å². The minimum atomic E-state index is -0.0108. The number of nitrogens with one attached hydrogen (secondary N) is 1. The molecule has 0 radical (unpaired) electrons. The average Bonchev–Trinajstić information content (AvgIpc) is 3.06. The number of hydrogen-bond donors (Lipinski definition) is 1. The second kappa shape index (κ2) is 8.63. The molecule has 3 rings (SSSR count). The van der Waals surface area contributed by atoms with Crippen LogP contribution in [0.5, 0.6) is 0 Å². The molecule has 1 heterocycles. The molecule has 3 aromatic rings. The lowest BCUT2D eigenvalue weighted by Crippen LogP contribution is -2.28. The van der Waals surface area contributed by atoms with E-state index < -0.39 is 0 Å². The molecule has 26 heavy (non-hydrogen) atoms. The molecule has 1 amide bonds. The van der Waals surface area contributed by atoms with Crippen LogP contribution in [-0.2, 0) is 18.3 Å². The van der Waals surface area contributed by atoms with Crippen molar-refractivity contribution in [2.75, 3.05) is 6.54 Å². The number of aryl methyl sites for hydroxylation is 1. The highest BCUT2D eigenvalue weighted by atomic mass is 35.5. The van der Waals surface area contributed by atoms with Crippen molar-refractivity contribution in [1.82, 2.24) is 20.1 Å². The molecule has 0 fully saturated rings. The van der Waals surface area contributed by atoms with Crippen LogP contribution in [0.4, 0.5) is 0 Å². The van der Waals surface area contributed by atoms with E-state index in [0.717, 1.165) is 17.0 Å². The fourth-order valence-electron chi connectivity index (χ4n) is 2.91. The normalized spacial score (nSPS) is 11.9. The van der Waals surface area contributed by atoms with Gasteiger partial charge >= 0.3 is 0 Å². The van der Waals surface area contributed by atoms with Crippen LogP contribution in [0, 0.1) is 0 Å². The van der Waals surface area contributed by atoms with E-state index in [9.17, 15) is 4.79 Å². The number of rotatable bonds is 7. The quantitative estimate of drug-likeness (QED) is 0.695. The molecule has 0 aliphatic rings. The van der Waals surface area contributed by atoms with Crippen LogP contribution in [0.3, 0.4) is 0 Å². The lowest BCUT2D eigenvalue weighted by molar-refractivity contribution is -0.121. The largest absolute Gasteiger partial charge is 0.356 e. The van der Waals surface area contributed by atoms with Gasteiger partial charge in [-0.2, -0.15) is 0 Å². The van der Waals surface area contributed by atoms with Gasteiger partial charge in [0.05, 0.1) is 0 Å². The van der Waals surface area contributed by atoms with Crippen LogP contribution in [0.15, 0.2) is 60.9 Å². The standard InChI is InChI=1S/C20H21ClN4O/c1-25-14-23-24-19(25)11-12-22-20(26)13-18(15-5-3-2-4-6-15)16-7-9-17(21)10-8-16/h2-10,14,18H,11-13H2,1H3,(H,22,26). The summed E-state index contributed by atoms with van der Waals surface area (Å²) in [6.45, 7) is 0.535. The second-order valence-corrected chi connectivity index (χ2v) is 6.61. The Hall–Kier alpha value is -2.66. The van der Waals surface area contributed by atoms with E-state index >= 15 is 0 Å². The summed E-state index contributed by atoms with van der Waals surface area (Å²) in [4.78, 5) is 12.5. The Balaban J connectivity index is 1.66. The summed E-state index contributed by atoms with van der Waals surface area (Å²) in [6.07, 6.45) is 2.69. The Bertz CT molecular complexity index is 846. The monoisotopic (exact) mass is 368 g/mol. The Labute approximate surface area is 158 Å². The summed E-state index contributed by atoms with van der Waals surface area (Å²) in [5.41, 5.74) is 2.18. The number of hydrogen-bond acceptors (Lipinski definition) is 3. The summed E-state index contributed by atoms with van der Waals surface area (Å²) in [5.74, 6) is 0.849. The van der Waals surface area contributed by atoms with E-state index in [-0.39, 0.29) is 11.8 Å². The molecule has 1 atom stereocenters. The van der Waals surface area contributed by atoms with Crippen molar-refractivity contribution in [1.29, 1.82) is 0 Å². The molecule has 5 nitrogen and oxygen atoms in total. The van der Waals surface area contributed by atoms with Crippen molar-refractivity contribution in [2.45, 2.75) is 18.8 Å². The average molecular weight is 369 g/mol. The number of carbonyl (C=O) groups is 1. The van der Waals surface area contributed by atoms with Gasteiger partial charge in [0.25, 0.3) is 0 Å². The van der Waals surface area contributed by atoms with Crippen LogP contribution in [-0.4, -0.2) is 27.2 Å². The summed E-state index contributed by atoms with van der Waals surface area (Å²) < 4.78 is 1.85. The molecule has 0 aliphatic heterocycles. The highest BCUT2D eigenvalue weighted by Crippen LogP contribution is 2.28. The highest BCUT2D eigenvalue weighted by molar-refractivity contribution is 6.30. The summed E-state index contributed by atoms with van der Waals surface area (Å²) in [6, 6.07) is 17.7. The van der Waals surface area contributed by atoms with Crippen molar-refractivity contribution in [2.24, 2.45) is 7.05 Å². The number of aromatic nitrogens is 3. The molecule has 0 saturated heterocycles. The fraction of sp³-hybridized carbons (Fsp3) is 0.250. The van der Waals surface area contributed by atoms with Crippen LogP contribution in [0.2, 0.25) is 5.02 Å². The van der Waals surface area contributed by atoms with Crippen LogP contribution >= 0.6 is 11.6 Å². The van der Waals surface area contributed by atoms with Crippen molar-refractivity contribution in [3.8, 4) is 0 Å². The van der Waals surface area contributed by atoms with E-state index in [1.54, 1.807) is 6.33 Å². The van der Waals surface area contributed by atoms with Crippen LogP contribution in [0.25, 0.3) is 0 Å². The number of carbonyl (C=O) groups excluding carboxylic acids is 1. The fourth-order valence-corrected chi connectivity index (χ4v) is 3.04. The molecule has 1 unspecified atom stereocenters. The topological polar surface area (TPSA) is 59.8 Å². The maximum atomic E-state index is 12.5. The summed E-state index contributed by atoms with van der Waals surface area (Å²) in [7, 11) is 1.89. The molecule has 0 saturated carbocycles. The molecule has 6 heteroatoms. The molecular weight excluding hydrogens is 348 g/mol. The van der Waals surface area contributed by atoms with Gasteiger partial charge in [-0.15, -0.1) is 10.2 Å². The molecular formula is C20H21ClN4O. The summed E-state index contributed by atoms with van der Waals surface area (Å²) in [5, 5.41) is 11.5. The maximum Gasteiger partial charge on any atom is 0.220 e. The van der Waals surface area contributed by atoms with E-state index in [1.165, 1.54) is 0 Å². The number of amides is 1. The lowest BCUT2D eigenvalue weighted by Gasteiger charge is -2.18. The van der Waals surface area contributed by atoms with Gasteiger partial charge in [-0.25, -0.2) is 0 Å². The first-order valence-electron chi connectivity index (χ1n) is 8.53. The third kappa shape index (κ3) is 4.70. The van der Waals surface area contributed by atoms with Gasteiger partial charge in [0.2, 0.25) is 5.91 Å². The van der Waals surface area contributed by atoms with E-state index in [0.29, 0.717) is 24.4 Å². The zero-order valence-corrected chi connectivity index (χ0v) is 15.4. The zero-order chi connectivity index (χ0) is 18.4. The first kappa shape index (κ1) is 18.1. The molecule has 134 valence electrons. The van der Waals surface area contributed by atoms with Crippen molar-refractivity contribution >= 4 is 17.5 Å². The van der Waals surface area contributed by atoms with Crippen LogP contribution < -0.4 is 5.32 Å². The molecule has 0 aliphatic carbocycles. The van der Waals surface area contributed by atoms with Gasteiger partial charge in [0.1, 0.15) is 12.2 Å². The zero-order valence-electron chi connectivity index (χ0n) is 14.6. The Morgan fingerprint density at radius 1 is 1.12 bits per heavy atom. The predicted octanol–water partition coefficient (Wildman–Crippen LogP) is 3.35. The van der Waals surface area contributed by atoms with Crippen molar-refractivity contribution in [3.05, 3.63) is 82.9 Å². The SMILES string of the molecule is Cn1cnnc1CCNC(=O)CC(c1ccccc1)c1ccc(Cl)cc1. The Morgan fingerprint density at radius 2 is 1.81 bits per heavy atom.